The van der Waals surface area contributed by atoms with Crippen molar-refractivity contribution < 1.29 is 9.29 Å². The fourth-order valence-corrected chi connectivity index (χ4v) is 4.90. The second-order valence-electron chi connectivity index (χ2n) is 7.57. The van der Waals surface area contributed by atoms with Crippen LogP contribution in [0, 0.1) is 0 Å². The van der Waals surface area contributed by atoms with E-state index < -0.39 is 11.1 Å². The first-order chi connectivity index (χ1) is 13.7. The Hall–Kier alpha value is -1.90. The van der Waals surface area contributed by atoms with Gasteiger partial charge in [0, 0.05) is 40.7 Å². The smallest absolute Gasteiger partial charge is 0.232 e. The molecule has 152 valence electrons. The molecule has 1 aliphatic carbocycles. The zero-order valence-electron chi connectivity index (χ0n) is 16.2. The monoisotopic (exact) mass is 403 g/mol. The fraction of sp³-hybridized carbons (Fsp3) is 0.600. The summed E-state index contributed by atoms with van der Waals surface area (Å²) in [6.45, 7) is 3.68. The van der Waals surface area contributed by atoms with Gasteiger partial charge in [0.05, 0.1) is 6.10 Å². The first-order valence-electron chi connectivity index (χ1n) is 10.3. The lowest BCUT2D eigenvalue weighted by atomic mass is 9.87. The molecule has 1 saturated heterocycles. The van der Waals surface area contributed by atoms with Crippen LogP contribution in [-0.2, 0) is 11.2 Å². The number of nitrogens with one attached hydrogen (secondary N) is 1. The lowest BCUT2D eigenvalue weighted by Crippen LogP contribution is -2.31. The van der Waals surface area contributed by atoms with E-state index in [0.717, 1.165) is 19.3 Å². The summed E-state index contributed by atoms with van der Waals surface area (Å²) < 4.78 is 25.0. The van der Waals surface area contributed by atoms with Gasteiger partial charge in [-0.3, -0.25) is 0 Å². The minimum absolute atomic E-state index is 0.177. The van der Waals surface area contributed by atoms with E-state index in [9.17, 15) is 4.55 Å². The molecule has 0 amide bonds. The summed E-state index contributed by atoms with van der Waals surface area (Å²) in [6, 6.07) is 6.71. The number of anilines is 3. The molecule has 8 heteroatoms. The zero-order chi connectivity index (χ0) is 19.3. The lowest BCUT2D eigenvalue weighted by molar-refractivity contribution is 0.0406. The van der Waals surface area contributed by atoms with Crippen molar-refractivity contribution in [2.75, 3.05) is 42.2 Å². The number of hydrogen-bond acceptors (Lipinski definition) is 7. The molecule has 1 aromatic carbocycles. The Morgan fingerprint density at radius 3 is 2.86 bits per heavy atom. The van der Waals surface area contributed by atoms with Gasteiger partial charge in [0.25, 0.3) is 0 Å². The van der Waals surface area contributed by atoms with E-state index in [0.29, 0.717) is 19.0 Å². The van der Waals surface area contributed by atoms with E-state index in [1.165, 1.54) is 55.6 Å². The number of aromatic nitrogens is 2. The van der Waals surface area contributed by atoms with Gasteiger partial charge in [-0.1, -0.05) is 12.1 Å². The summed E-state index contributed by atoms with van der Waals surface area (Å²) in [7, 11) is 0. The molecule has 1 fully saturated rings. The fourth-order valence-electron chi connectivity index (χ4n) is 4.29. The third-order valence-electron chi connectivity index (χ3n) is 5.65. The lowest BCUT2D eigenvalue weighted by Gasteiger charge is -2.34. The Bertz CT molecular complexity index is 791. The number of nitrogens with zero attached hydrogens (tertiary/aromatic N) is 3. The van der Waals surface area contributed by atoms with Crippen LogP contribution in [0.5, 0.6) is 0 Å². The van der Waals surface area contributed by atoms with Crippen molar-refractivity contribution in [3.8, 4) is 0 Å². The van der Waals surface area contributed by atoms with Gasteiger partial charge in [-0.25, -0.2) is 0 Å². The molecule has 28 heavy (non-hydrogen) atoms. The van der Waals surface area contributed by atoms with Crippen LogP contribution >= 0.6 is 11.1 Å². The number of nitrogen functional groups attached to an aromatic ring is 1. The van der Waals surface area contributed by atoms with Crippen LogP contribution in [0.2, 0.25) is 0 Å². The molecule has 0 spiro atoms. The van der Waals surface area contributed by atoms with Crippen LogP contribution in [0.1, 0.15) is 55.8 Å². The summed E-state index contributed by atoms with van der Waals surface area (Å²) in [6.07, 6.45) is 8.36. The van der Waals surface area contributed by atoms with Gasteiger partial charge >= 0.3 is 0 Å². The number of fused-ring (bicyclic) bond motifs is 1. The Balaban J connectivity index is 1.32. The second kappa shape index (κ2) is 9.07. The van der Waals surface area contributed by atoms with E-state index >= 15 is 0 Å². The Morgan fingerprint density at radius 2 is 2.07 bits per heavy atom. The third-order valence-corrected chi connectivity index (χ3v) is 6.34. The van der Waals surface area contributed by atoms with E-state index in [1.54, 1.807) is 0 Å². The summed E-state index contributed by atoms with van der Waals surface area (Å²) in [5.41, 5.74) is 9.94. The molecule has 0 bridgehead atoms. The SMILES string of the molecule is Nc1n[s+]([O-])nc1NCCCOC1CCCc2c1cccc2N1CCCCC1. The van der Waals surface area contributed by atoms with Gasteiger partial charge in [0.1, 0.15) is 0 Å². The predicted octanol–water partition coefficient (Wildman–Crippen LogP) is 3.67. The highest BCUT2D eigenvalue weighted by molar-refractivity contribution is 7.14. The van der Waals surface area contributed by atoms with Crippen LogP contribution in [0.25, 0.3) is 0 Å². The molecule has 2 unspecified atom stereocenters. The van der Waals surface area contributed by atoms with Crippen LogP contribution in [0.15, 0.2) is 18.2 Å². The van der Waals surface area contributed by atoms with Gasteiger partial charge in [-0.15, -0.1) is 0 Å². The van der Waals surface area contributed by atoms with Gasteiger partial charge in [0.2, 0.25) is 11.6 Å². The van der Waals surface area contributed by atoms with E-state index in [1.807, 2.05) is 0 Å². The highest BCUT2D eigenvalue weighted by atomic mass is 32.2. The maximum absolute atomic E-state index is 11.2. The molecular formula is C20H29N5O2S. The highest BCUT2D eigenvalue weighted by Gasteiger charge is 2.25. The maximum Gasteiger partial charge on any atom is 0.232 e. The number of nitrogens with two attached hydrogens (primary N) is 1. The molecular weight excluding hydrogens is 374 g/mol. The Labute approximate surface area is 169 Å². The molecule has 0 saturated carbocycles. The maximum atomic E-state index is 11.2. The van der Waals surface area contributed by atoms with E-state index in [4.69, 9.17) is 10.5 Å². The molecule has 1 aromatic heterocycles. The van der Waals surface area contributed by atoms with Crippen molar-refractivity contribution in [2.45, 2.75) is 51.0 Å². The molecule has 2 atom stereocenters. The van der Waals surface area contributed by atoms with Crippen molar-refractivity contribution in [3.05, 3.63) is 29.3 Å². The molecule has 4 rings (SSSR count). The Morgan fingerprint density at radius 1 is 1.21 bits per heavy atom. The van der Waals surface area contributed by atoms with Crippen molar-refractivity contribution in [2.24, 2.45) is 0 Å². The first-order valence-corrected chi connectivity index (χ1v) is 11.4. The topological polar surface area (TPSA) is 99.4 Å². The standard InChI is InChI=1S/C20H29N5O2S/c21-19-20(24-28(26)23-19)22-11-6-14-27-18-10-5-7-15-16(18)8-4-9-17(15)25-12-2-1-3-13-25/h4,8-9,18H,1-3,5-7,10-14H2,(H2,21,23)(H,22,24). The number of piperidine rings is 1. The predicted molar refractivity (Wildman–Crippen MR) is 112 cm³/mol. The summed E-state index contributed by atoms with van der Waals surface area (Å²) in [5, 5.41) is 3.09. The van der Waals surface area contributed by atoms with Crippen LogP contribution in [-0.4, -0.2) is 39.5 Å². The quantitative estimate of drug-likeness (QED) is 0.537. The van der Waals surface area contributed by atoms with Crippen LogP contribution < -0.4 is 16.0 Å². The minimum atomic E-state index is -1.57. The van der Waals surface area contributed by atoms with Gasteiger partial charge in [0.15, 0.2) is 11.1 Å². The van der Waals surface area contributed by atoms with Crippen molar-refractivity contribution in [1.82, 2.24) is 8.75 Å². The summed E-state index contributed by atoms with van der Waals surface area (Å²) in [5.74, 6) is 0.637. The normalized spacial score (nSPS) is 20.1. The number of ether oxygens (including phenoxy) is 1. The summed E-state index contributed by atoms with van der Waals surface area (Å²) in [4.78, 5) is 2.56. The molecule has 2 aromatic rings. The van der Waals surface area contributed by atoms with Crippen molar-refractivity contribution in [3.63, 3.8) is 0 Å². The van der Waals surface area contributed by atoms with Gasteiger partial charge in [-0.05, 0) is 62.1 Å². The van der Waals surface area contributed by atoms with Crippen molar-refractivity contribution in [1.29, 1.82) is 0 Å². The number of hydrogen-bond donors (Lipinski definition) is 2. The van der Waals surface area contributed by atoms with Gasteiger partial charge in [-0.2, -0.15) is 0 Å². The highest BCUT2D eigenvalue weighted by Crippen LogP contribution is 2.38. The zero-order valence-corrected chi connectivity index (χ0v) is 17.0. The Kier molecular flexibility index (Phi) is 6.29. The van der Waals surface area contributed by atoms with Crippen LogP contribution in [0.4, 0.5) is 17.3 Å². The average molecular weight is 404 g/mol. The summed E-state index contributed by atoms with van der Waals surface area (Å²) >= 11 is -1.57. The van der Waals surface area contributed by atoms with E-state index in [-0.39, 0.29) is 11.9 Å². The second-order valence-corrected chi connectivity index (χ2v) is 8.40. The number of rotatable bonds is 7. The molecule has 3 N–H and O–H groups in total. The third kappa shape index (κ3) is 4.39. The van der Waals surface area contributed by atoms with E-state index in [2.05, 4.69) is 37.2 Å². The first kappa shape index (κ1) is 19.4. The molecule has 2 heterocycles. The molecule has 2 aliphatic rings. The molecule has 7 nitrogen and oxygen atoms in total. The van der Waals surface area contributed by atoms with Crippen molar-refractivity contribution >= 4 is 28.5 Å². The van der Waals surface area contributed by atoms with Gasteiger partial charge < -0.3 is 25.2 Å². The minimum Gasteiger partial charge on any atom is -0.546 e. The largest absolute Gasteiger partial charge is 0.546 e. The average Bonchev–Trinajstić information content (AvgIpc) is 3.05. The van der Waals surface area contributed by atoms with Crippen LogP contribution in [0.3, 0.4) is 0 Å². The number of benzene rings is 1. The molecule has 1 aliphatic heterocycles. The molecule has 0 radical (unpaired) electrons.